The van der Waals surface area contributed by atoms with Crippen LogP contribution in [0.25, 0.3) is 0 Å². The minimum Gasteiger partial charge on any atom is -0.493 e. The van der Waals surface area contributed by atoms with Gasteiger partial charge in [0.05, 0.1) is 14.2 Å². The lowest BCUT2D eigenvalue weighted by atomic mass is 10.1. The number of benzene rings is 3. The van der Waals surface area contributed by atoms with Crippen LogP contribution < -0.4 is 14.2 Å². The maximum atomic E-state index is 13.2. The molecule has 162 valence electrons. The zero-order valence-electron chi connectivity index (χ0n) is 18.6. The molecule has 0 aromatic heterocycles. The first-order valence-electron chi connectivity index (χ1n) is 10.5. The number of ether oxygens (including phenoxy) is 3. The number of hydrogen-bond acceptors (Lipinski definition) is 4. The van der Waals surface area contributed by atoms with E-state index in [9.17, 15) is 4.79 Å². The van der Waals surface area contributed by atoms with Gasteiger partial charge in [0.2, 0.25) is 0 Å². The van der Waals surface area contributed by atoms with Crippen molar-refractivity contribution in [3.05, 3.63) is 83.4 Å². The van der Waals surface area contributed by atoms with Crippen molar-refractivity contribution in [3.63, 3.8) is 0 Å². The van der Waals surface area contributed by atoms with E-state index in [-0.39, 0.29) is 5.91 Å². The Morgan fingerprint density at radius 2 is 1.39 bits per heavy atom. The standard InChI is InChI=1S/C26H29NO4/c1-5-27(6-2)26(28)24-22(16-17-23(29-3)25(24)30-4)31-21-14-12-20(13-15-21)18-19-10-8-7-9-11-19/h7-17H,5-6,18H2,1-4H3. The van der Waals surface area contributed by atoms with Gasteiger partial charge in [-0.2, -0.15) is 0 Å². The van der Waals surface area contributed by atoms with Gasteiger partial charge in [-0.05, 0) is 55.7 Å². The Hall–Kier alpha value is -3.47. The first-order chi connectivity index (χ1) is 15.1. The summed E-state index contributed by atoms with van der Waals surface area (Å²) >= 11 is 0. The third-order valence-electron chi connectivity index (χ3n) is 5.17. The van der Waals surface area contributed by atoms with Crippen LogP contribution in [0.5, 0.6) is 23.0 Å². The minimum absolute atomic E-state index is 0.156. The maximum absolute atomic E-state index is 13.2. The van der Waals surface area contributed by atoms with E-state index in [0.717, 1.165) is 6.42 Å². The molecule has 0 saturated carbocycles. The van der Waals surface area contributed by atoms with Gasteiger partial charge in [0, 0.05) is 13.1 Å². The van der Waals surface area contributed by atoms with E-state index < -0.39 is 0 Å². The lowest BCUT2D eigenvalue weighted by Gasteiger charge is -2.23. The van der Waals surface area contributed by atoms with Crippen molar-refractivity contribution in [1.29, 1.82) is 0 Å². The molecule has 1 amide bonds. The number of methoxy groups -OCH3 is 2. The van der Waals surface area contributed by atoms with Gasteiger partial charge in [-0.15, -0.1) is 0 Å². The summed E-state index contributed by atoms with van der Waals surface area (Å²) in [6.07, 6.45) is 0.850. The first kappa shape index (κ1) is 22.2. The molecule has 5 heteroatoms. The molecule has 0 fully saturated rings. The molecule has 0 unspecified atom stereocenters. The quantitative estimate of drug-likeness (QED) is 0.455. The number of nitrogens with zero attached hydrogens (tertiary/aromatic N) is 1. The second kappa shape index (κ2) is 10.5. The normalized spacial score (nSPS) is 10.5. The van der Waals surface area contributed by atoms with Crippen LogP contribution in [-0.2, 0) is 6.42 Å². The van der Waals surface area contributed by atoms with Gasteiger partial charge in [0.1, 0.15) is 17.1 Å². The molecular formula is C26H29NO4. The summed E-state index contributed by atoms with van der Waals surface area (Å²) in [5.74, 6) is 1.79. The Balaban J connectivity index is 1.90. The van der Waals surface area contributed by atoms with E-state index in [4.69, 9.17) is 14.2 Å². The van der Waals surface area contributed by atoms with Crippen molar-refractivity contribution in [3.8, 4) is 23.0 Å². The summed E-state index contributed by atoms with van der Waals surface area (Å²) in [7, 11) is 3.08. The first-order valence-corrected chi connectivity index (χ1v) is 10.5. The lowest BCUT2D eigenvalue weighted by molar-refractivity contribution is 0.0766. The molecule has 0 aliphatic rings. The van der Waals surface area contributed by atoms with Crippen LogP contribution in [-0.4, -0.2) is 38.1 Å². The fourth-order valence-electron chi connectivity index (χ4n) is 3.50. The molecule has 0 spiro atoms. The molecule has 0 heterocycles. The Bertz CT molecular complexity index is 996. The van der Waals surface area contributed by atoms with E-state index >= 15 is 0 Å². The molecule has 0 aliphatic heterocycles. The Morgan fingerprint density at radius 3 is 1.97 bits per heavy atom. The topological polar surface area (TPSA) is 48.0 Å². The van der Waals surface area contributed by atoms with Crippen molar-refractivity contribution in [2.75, 3.05) is 27.3 Å². The predicted octanol–water partition coefficient (Wildman–Crippen LogP) is 5.57. The van der Waals surface area contributed by atoms with Crippen LogP contribution in [0.4, 0.5) is 0 Å². The highest BCUT2D eigenvalue weighted by atomic mass is 16.5. The van der Waals surface area contributed by atoms with Gasteiger partial charge < -0.3 is 19.1 Å². The van der Waals surface area contributed by atoms with Crippen LogP contribution in [0.1, 0.15) is 35.3 Å². The number of rotatable bonds is 9. The third kappa shape index (κ3) is 5.18. The summed E-state index contributed by atoms with van der Waals surface area (Å²) < 4.78 is 17.1. The van der Waals surface area contributed by atoms with Crippen LogP contribution >= 0.6 is 0 Å². The van der Waals surface area contributed by atoms with E-state index in [0.29, 0.717) is 41.7 Å². The number of amides is 1. The molecule has 0 atom stereocenters. The van der Waals surface area contributed by atoms with Crippen molar-refractivity contribution in [2.45, 2.75) is 20.3 Å². The van der Waals surface area contributed by atoms with Gasteiger partial charge >= 0.3 is 0 Å². The monoisotopic (exact) mass is 419 g/mol. The Morgan fingerprint density at radius 1 is 0.774 bits per heavy atom. The van der Waals surface area contributed by atoms with Gasteiger partial charge in [0.25, 0.3) is 5.91 Å². The van der Waals surface area contributed by atoms with Crippen molar-refractivity contribution < 1.29 is 19.0 Å². The largest absolute Gasteiger partial charge is 0.493 e. The average molecular weight is 420 g/mol. The fourth-order valence-corrected chi connectivity index (χ4v) is 3.50. The summed E-state index contributed by atoms with van der Waals surface area (Å²) in [6.45, 7) is 5.06. The minimum atomic E-state index is -0.156. The fraction of sp³-hybridized carbons (Fsp3) is 0.269. The molecule has 0 N–H and O–H groups in total. The molecule has 5 nitrogen and oxygen atoms in total. The van der Waals surface area contributed by atoms with Gasteiger partial charge in [0.15, 0.2) is 11.5 Å². The lowest BCUT2D eigenvalue weighted by Crippen LogP contribution is -2.31. The van der Waals surface area contributed by atoms with Crippen LogP contribution in [0.2, 0.25) is 0 Å². The molecular weight excluding hydrogens is 390 g/mol. The number of carbonyl (C=O) groups excluding carboxylic acids is 1. The molecule has 3 aromatic rings. The zero-order chi connectivity index (χ0) is 22.2. The van der Waals surface area contributed by atoms with E-state index in [2.05, 4.69) is 12.1 Å². The summed E-state index contributed by atoms with van der Waals surface area (Å²) in [5.41, 5.74) is 2.80. The molecule has 0 radical (unpaired) electrons. The van der Waals surface area contributed by atoms with E-state index in [1.54, 1.807) is 24.1 Å². The Labute approximate surface area is 184 Å². The smallest absolute Gasteiger partial charge is 0.261 e. The molecule has 3 rings (SSSR count). The van der Waals surface area contributed by atoms with Crippen molar-refractivity contribution >= 4 is 5.91 Å². The highest BCUT2D eigenvalue weighted by Crippen LogP contribution is 2.40. The molecule has 0 saturated heterocycles. The maximum Gasteiger partial charge on any atom is 0.261 e. The van der Waals surface area contributed by atoms with Crippen molar-refractivity contribution in [2.24, 2.45) is 0 Å². The number of carbonyl (C=O) groups is 1. The molecule has 0 bridgehead atoms. The van der Waals surface area contributed by atoms with Crippen molar-refractivity contribution in [1.82, 2.24) is 4.90 Å². The third-order valence-corrected chi connectivity index (χ3v) is 5.17. The SMILES string of the molecule is CCN(CC)C(=O)c1c(Oc2ccc(Cc3ccccc3)cc2)ccc(OC)c1OC. The highest BCUT2D eigenvalue weighted by molar-refractivity contribution is 6.00. The van der Waals surface area contributed by atoms with Crippen LogP contribution in [0, 0.1) is 0 Å². The molecule has 0 aliphatic carbocycles. The Kier molecular flexibility index (Phi) is 7.55. The average Bonchev–Trinajstić information content (AvgIpc) is 2.81. The van der Waals surface area contributed by atoms with Gasteiger partial charge in [-0.25, -0.2) is 0 Å². The molecule has 31 heavy (non-hydrogen) atoms. The van der Waals surface area contributed by atoms with Crippen LogP contribution in [0.15, 0.2) is 66.7 Å². The second-order valence-corrected chi connectivity index (χ2v) is 7.06. The predicted molar refractivity (Wildman–Crippen MR) is 123 cm³/mol. The van der Waals surface area contributed by atoms with E-state index in [1.807, 2.05) is 56.3 Å². The summed E-state index contributed by atoms with van der Waals surface area (Å²) in [5, 5.41) is 0. The van der Waals surface area contributed by atoms with Gasteiger partial charge in [-0.3, -0.25) is 4.79 Å². The van der Waals surface area contributed by atoms with Crippen LogP contribution in [0.3, 0.4) is 0 Å². The summed E-state index contributed by atoms with van der Waals surface area (Å²) in [6, 6.07) is 21.7. The second-order valence-electron chi connectivity index (χ2n) is 7.06. The van der Waals surface area contributed by atoms with E-state index in [1.165, 1.54) is 18.2 Å². The number of hydrogen-bond donors (Lipinski definition) is 0. The highest BCUT2D eigenvalue weighted by Gasteiger charge is 2.26. The molecule has 3 aromatic carbocycles. The zero-order valence-corrected chi connectivity index (χ0v) is 18.6. The van der Waals surface area contributed by atoms with Gasteiger partial charge in [-0.1, -0.05) is 42.5 Å². The summed E-state index contributed by atoms with van der Waals surface area (Å²) in [4.78, 5) is 15.0.